The molecule has 0 bridgehead atoms. The fraction of sp³-hybridized carbons (Fsp3) is 0.474. The summed E-state index contributed by atoms with van der Waals surface area (Å²) in [5.74, 6) is 0.153. The summed E-state index contributed by atoms with van der Waals surface area (Å²) in [6.45, 7) is 12.1. The normalized spacial score (nSPS) is 18.7. The Bertz CT molecular complexity index is 871. The van der Waals surface area contributed by atoms with Crippen LogP contribution in [0.2, 0.25) is 0 Å². The third-order valence-corrected chi connectivity index (χ3v) is 4.73. The highest BCUT2D eigenvalue weighted by Gasteiger charge is 2.31. The van der Waals surface area contributed by atoms with Crippen LogP contribution in [-0.2, 0) is 4.79 Å². The van der Waals surface area contributed by atoms with Gasteiger partial charge in [0.1, 0.15) is 6.04 Å². The van der Waals surface area contributed by atoms with Gasteiger partial charge in [-0.3, -0.25) is 13.9 Å². The molecule has 128 valence electrons. The van der Waals surface area contributed by atoms with Crippen LogP contribution in [0.4, 0.5) is 0 Å². The second kappa shape index (κ2) is 5.96. The van der Waals surface area contributed by atoms with Crippen LogP contribution in [0.1, 0.15) is 64.1 Å². The van der Waals surface area contributed by atoms with Gasteiger partial charge in [-0.25, -0.2) is 4.79 Å². The molecule has 1 amide bonds. The Morgan fingerprint density at radius 1 is 1.21 bits per heavy atom. The highest BCUT2D eigenvalue weighted by molar-refractivity contribution is 5.87. The zero-order valence-corrected chi connectivity index (χ0v) is 14.8. The molecule has 1 aromatic carbocycles. The summed E-state index contributed by atoms with van der Waals surface area (Å²) >= 11 is 0. The van der Waals surface area contributed by atoms with Crippen molar-refractivity contribution in [2.75, 3.05) is 0 Å². The van der Waals surface area contributed by atoms with Crippen molar-refractivity contribution in [1.82, 2.24) is 14.5 Å². The summed E-state index contributed by atoms with van der Waals surface area (Å²) in [5.41, 5.74) is 3.54. The van der Waals surface area contributed by atoms with Crippen LogP contribution in [0.5, 0.6) is 0 Å². The molecule has 1 aliphatic heterocycles. The van der Waals surface area contributed by atoms with E-state index in [1.807, 2.05) is 30.5 Å². The average Bonchev–Trinajstić information content (AvgIpc) is 2.79. The van der Waals surface area contributed by atoms with Crippen molar-refractivity contribution >= 4 is 16.9 Å². The molecule has 24 heavy (non-hydrogen) atoms. The number of rotatable bonds is 3. The van der Waals surface area contributed by atoms with E-state index >= 15 is 0 Å². The Kier molecular flexibility index (Phi) is 4.11. The molecular formula is C19H25N3O2. The van der Waals surface area contributed by atoms with Crippen molar-refractivity contribution in [3.05, 3.63) is 46.5 Å². The van der Waals surface area contributed by atoms with Gasteiger partial charge in [-0.05, 0) is 44.2 Å². The molecule has 5 heteroatoms. The van der Waals surface area contributed by atoms with E-state index in [4.69, 9.17) is 0 Å². The number of fused-ring (bicyclic) bond motifs is 1. The number of imidazole rings is 1. The quantitative estimate of drug-likeness (QED) is 0.938. The monoisotopic (exact) mass is 327 g/mol. The second-order valence-corrected chi connectivity index (χ2v) is 7.13. The van der Waals surface area contributed by atoms with Crippen LogP contribution in [0.25, 0.3) is 11.0 Å². The van der Waals surface area contributed by atoms with Gasteiger partial charge in [0.25, 0.3) is 0 Å². The molecule has 1 saturated heterocycles. The van der Waals surface area contributed by atoms with E-state index in [2.05, 4.69) is 31.8 Å². The number of carbonyl (C=O) groups is 1. The summed E-state index contributed by atoms with van der Waals surface area (Å²) < 4.78 is 3.49. The minimum Gasteiger partial charge on any atom is -0.329 e. The molecule has 1 N–H and O–H groups in total. The molecule has 2 aromatic rings. The standard InChI is InChI=1S/C19H25N3O2/c1-11(2)14-7-6-8-15-17(14)21(12(3)4)19(24)22(15)16-10-9-13(5)20-18(16)23/h6-8,11-12,16H,5,9-10H2,1-4H3,(H,20,23). The number of piperidine rings is 1. The Morgan fingerprint density at radius 2 is 1.92 bits per heavy atom. The fourth-order valence-corrected chi connectivity index (χ4v) is 3.57. The van der Waals surface area contributed by atoms with Crippen LogP contribution < -0.4 is 11.0 Å². The number of para-hydroxylation sites is 1. The molecule has 1 unspecified atom stereocenters. The van der Waals surface area contributed by atoms with Crippen LogP contribution in [-0.4, -0.2) is 15.0 Å². The van der Waals surface area contributed by atoms with Crippen molar-refractivity contribution in [3.63, 3.8) is 0 Å². The molecule has 2 heterocycles. The number of allylic oxidation sites excluding steroid dienone is 1. The number of amides is 1. The van der Waals surface area contributed by atoms with Gasteiger partial charge in [-0.1, -0.05) is 32.6 Å². The minimum absolute atomic E-state index is 0.0303. The van der Waals surface area contributed by atoms with Crippen molar-refractivity contribution in [2.45, 2.75) is 58.5 Å². The topological polar surface area (TPSA) is 56.0 Å². The molecule has 0 saturated carbocycles. The summed E-state index contributed by atoms with van der Waals surface area (Å²) in [5, 5.41) is 2.79. The lowest BCUT2D eigenvalue weighted by atomic mass is 10.0. The summed E-state index contributed by atoms with van der Waals surface area (Å²) in [6, 6.07) is 5.53. The maximum atomic E-state index is 13.2. The van der Waals surface area contributed by atoms with Crippen molar-refractivity contribution in [3.8, 4) is 0 Å². The van der Waals surface area contributed by atoms with E-state index < -0.39 is 6.04 Å². The van der Waals surface area contributed by atoms with Crippen molar-refractivity contribution in [1.29, 1.82) is 0 Å². The van der Waals surface area contributed by atoms with Crippen LogP contribution in [0.15, 0.2) is 35.3 Å². The van der Waals surface area contributed by atoms with E-state index in [9.17, 15) is 9.59 Å². The number of aromatic nitrogens is 2. The van der Waals surface area contributed by atoms with Crippen molar-refractivity contribution < 1.29 is 4.79 Å². The third kappa shape index (κ3) is 2.48. The van der Waals surface area contributed by atoms with E-state index in [0.717, 1.165) is 22.3 Å². The lowest BCUT2D eigenvalue weighted by Crippen LogP contribution is -2.40. The maximum absolute atomic E-state index is 13.2. The van der Waals surface area contributed by atoms with Crippen molar-refractivity contribution in [2.24, 2.45) is 0 Å². The van der Waals surface area contributed by atoms with Gasteiger partial charge >= 0.3 is 5.69 Å². The Labute approximate surface area is 142 Å². The lowest BCUT2D eigenvalue weighted by molar-refractivity contribution is -0.124. The number of carbonyl (C=O) groups excluding carboxylic acids is 1. The number of nitrogens with zero attached hydrogens (tertiary/aromatic N) is 2. The van der Waals surface area contributed by atoms with Gasteiger partial charge in [0, 0.05) is 11.7 Å². The Balaban J connectivity index is 2.32. The molecule has 1 aromatic heterocycles. The zero-order chi connectivity index (χ0) is 17.6. The first kappa shape index (κ1) is 16.6. The lowest BCUT2D eigenvalue weighted by Gasteiger charge is -2.24. The number of hydrogen-bond donors (Lipinski definition) is 1. The van der Waals surface area contributed by atoms with Gasteiger partial charge in [0.15, 0.2) is 0 Å². The van der Waals surface area contributed by atoms with Gasteiger partial charge in [0.2, 0.25) is 5.91 Å². The first-order chi connectivity index (χ1) is 11.3. The maximum Gasteiger partial charge on any atom is 0.330 e. The van der Waals surface area contributed by atoms with Gasteiger partial charge < -0.3 is 5.32 Å². The van der Waals surface area contributed by atoms with Gasteiger partial charge in [-0.2, -0.15) is 0 Å². The van der Waals surface area contributed by atoms with Crippen LogP contribution >= 0.6 is 0 Å². The second-order valence-electron chi connectivity index (χ2n) is 7.13. The van der Waals surface area contributed by atoms with Crippen LogP contribution in [0, 0.1) is 0 Å². The molecular weight excluding hydrogens is 302 g/mol. The number of nitrogens with one attached hydrogen (secondary N) is 1. The first-order valence-electron chi connectivity index (χ1n) is 8.57. The molecule has 1 aliphatic rings. The molecule has 0 aliphatic carbocycles. The molecule has 3 rings (SSSR count). The minimum atomic E-state index is -0.479. The molecule has 5 nitrogen and oxygen atoms in total. The van der Waals surface area contributed by atoms with E-state index in [1.165, 1.54) is 0 Å². The predicted octanol–water partition coefficient (Wildman–Crippen LogP) is 3.47. The van der Waals surface area contributed by atoms with E-state index in [-0.39, 0.29) is 17.6 Å². The number of benzene rings is 1. The first-order valence-corrected chi connectivity index (χ1v) is 8.57. The average molecular weight is 327 g/mol. The largest absolute Gasteiger partial charge is 0.330 e. The smallest absolute Gasteiger partial charge is 0.329 e. The molecule has 0 spiro atoms. The molecule has 0 radical (unpaired) electrons. The van der Waals surface area contributed by atoms with Gasteiger partial charge in [0.05, 0.1) is 11.0 Å². The highest BCUT2D eigenvalue weighted by Crippen LogP contribution is 2.30. The zero-order valence-electron chi connectivity index (χ0n) is 14.8. The molecule has 1 fully saturated rings. The van der Waals surface area contributed by atoms with Gasteiger partial charge in [-0.15, -0.1) is 0 Å². The summed E-state index contributed by atoms with van der Waals surface area (Å²) in [4.78, 5) is 25.6. The molecule has 1 atom stereocenters. The Morgan fingerprint density at radius 3 is 2.50 bits per heavy atom. The summed E-state index contributed by atoms with van der Waals surface area (Å²) in [6.07, 6.45) is 1.30. The van der Waals surface area contributed by atoms with Crippen LogP contribution in [0.3, 0.4) is 0 Å². The predicted molar refractivity (Wildman–Crippen MR) is 96.2 cm³/mol. The fourth-order valence-electron chi connectivity index (χ4n) is 3.57. The number of hydrogen-bond acceptors (Lipinski definition) is 2. The summed E-state index contributed by atoms with van der Waals surface area (Å²) in [7, 11) is 0. The highest BCUT2D eigenvalue weighted by atomic mass is 16.2. The Hall–Kier alpha value is -2.30. The SMILES string of the molecule is C=C1CCC(n2c(=O)n(C(C)C)c3c(C(C)C)cccc32)C(=O)N1. The van der Waals surface area contributed by atoms with E-state index in [0.29, 0.717) is 18.8 Å². The third-order valence-electron chi connectivity index (χ3n) is 4.73. The van der Waals surface area contributed by atoms with E-state index in [1.54, 1.807) is 4.57 Å².